The van der Waals surface area contributed by atoms with E-state index >= 15 is 0 Å². The molecule has 0 aliphatic rings. The van der Waals surface area contributed by atoms with Gasteiger partial charge in [0.25, 0.3) is 0 Å². The van der Waals surface area contributed by atoms with Crippen molar-refractivity contribution in [3.05, 3.63) is 29.8 Å². The molecule has 0 atom stereocenters. The van der Waals surface area contributed by atoms with Crippen molar-refractivity contribution < 1.29 is 9.53 Å². The molecule has 0 radical (unpaired) electrons. The van der Waals surface area contributed by atoms with Crippen LogP contribution in [0.5, 0.6) is 5.75 Å². The van der Waals surface area contributed by atoms with E-state index in [1.54, 1.807) is 0 Å². The van der Waals surface area contributed by atoms with Gasteiger partial charge in [-0.2, -0.15) is 0 Å². The van der Waals surface area contributed by atoms with Crippen LogP contribution < -0.4 is 10.1 Å². The summed E-state index contributed by atoms with van der Waals surface area (Å²) in [5, 5.41) is 2.96. The van der Waals surface area contributed by atoms with Crippen LogP contribution in [0.15, 0.2) is 24.3 Å². The maximum Gasteiger partial charge on any atom is 0.317 e. The number of nitrogens with one attached hydrogen (secondary N) is 1. The van der Waals surface area contributed by atoms with Crippen molar-refractivity contribution in [2.24, 2.45) is 0 Å². The number of para-hydroxylation sites is 1. The molecule has 1 aromatic carbocycles. The Kier molecular flexibility index (Phi) is 8.32. The van der Waals surface area contributed by atoms with Crippen LogP contribution in [0.3, 0.4) is 0 Å². The molecule has 118 valence electrons. The number of rotatable bonds is 9. The second-order valence-corrected chi connectivity index (χ2v) is 5.19. The molecule has 0 saturated heterocycles. The number of benzene rings is 1. The number of amides is 2. The molecule has 0 aromatic heterocycles. The van der Waals surface area contributed by atoms with Crippen LogP contribution in [-0.4, -0.2) is 37.2 Å². The highest BCUT2D eigenvalue weighted by Crippen LogP contribution is 2.15. The van der Waals surface area contributed by atoms with E-state index < -0.39 is 0 Å². The van der Waals surface area contributed by atoms with E-state index in [0.717, 1.165) is 43.7 Å². The lowest BCUT2D eigenvalue weighted by molar-refractivity contribution is 0.196. The third-order valence-electron chi connectivity index (χ3n) is 3.22. The first-order valence-corrected chi connectivity index (χ1v) is 7.90. The molecule has 1 N–H and O–H groups in total. The predicted octanol–water partition coefficient (Wildman–Crippen LogP) is 3.60. The van der Waals surface area contributed by atoms with Gasteiger partial charge in [-0.1, -0.05) is 32.0 Å². The van der Waals surface area contributed by atoms with Gasteiger partial charge in [0.05, 0.1) is 6.61 Å². The van der Waals surface area contributed by atoms with Crippen LogP contribution in [0.4, 0.5) is 4.79 Å². The number of carbonyl (C=O) groups excluding carboxylic acids is 1. The van der Waals surface area contributed by atoms with Crippen LogP contribution in [0.25, 0.3) is 0 Å². The molecular weight excluding hydrogens is 264 g/mol. The van der Waals surface area contributed by atoms with E-state index in [1.807, 2.05) is 36.1 Å². The number of carbonyl (C=O) groups is 1. The van der Waals surface area contributed by atoms with Gasteiger partial charge >= 0.3 is 6.03 Å². The summed E-state index contributed by atoms with van der Waals surface area (Å²) in [4.78, 5) is 13.9. The molecule has 0 aliphatic heterocycles. The first kappa shape index (κ1) is 17.3. The summed E-state index contributed by atoms with van der Waals surface area (Å²) in [6, 6.07) is 8.01. The zero-order valence-electron chi connectivity index (χ0n) is 13.5. The average molecular weight is 292 g/mol. The Morgan fingerprint density at radius 3 is 2.48 bits per heavy atom. The van der Waals surface area contributed by atoms with Crippen molar-refractivity contribution in [2.75, 3.05) is 26.2 Å². The molecule has 0 fully saturated rings. The van der Waals surface area contributed by atoms with E-state index in [0.29, 0.717) is 13.2 Å². The topological polar surface area (TPSA) is 41.6 Å². The molecule has 1 aromatic rings. The van der Waals surface area contributed by atoms with Crippen LogP contribution >= 0.6 is 0 Å². The lowest BCUT2D eigenvalue weighted by Crippen LogP contribution is -2.41. The zero-order chi connectivity index (χ0) is 15.5. The van der Waals surface area contributed by atoms with Crippen molar-refractivity contribution in [1.82, 2.24) is 10.2 Å². The van der Waals surface area contributed by atoms with Crippen LogP contribution in [0.2, 0.25) is 0 Å². The van der Waals surface area contributed by atoms with Gasteiger partial charge in [0.2, 0.25) is 0 Å². The highest BCUT2D eigenvalue weighted by Gasteiger charge is 2.10. The Hall–Kier alpha value is -1.71. The van der Waals surface area contributed by atoms with E-state index in [-0.39, 0.29) is 6.03 Å². The summed E-state index contributed by atoms with van der Waals surface area (Å²) in [5.74, 6) is 0.919. The lowest BCUT2D eigenvalue weighted by Gasteiger charge is -2.21. The fourth-order valence-electron chi connectivity index (χ4n) is 2.13. The second-order valence-electron chi connectivity index (χ2n) is 5.19. The second kappa shape index (κ2) is 10.1. The lowest BCUT2D eigenvalue weighted by atomic mass is 10.2. The quantitative estimate of drug-likeness (QED) is 0.707. The van der Waals surface area contributed by atoms with Crippen molar-refractivity contribution in [3.63, 3.8) is 0 Å². The summed E-state index contributed by atoms with van der Waals surface area (Å²) in [5.41, 5.74) is 1.14. The molecule has 0 bridgehead atoms. The summed E-state index contributed by atoms with van der Waals surface area (Å²) in [6.45, 7) is 9.11. The first-order valence-electron chi connectivity index (χ1n) is 7.90. The van der Waals surface area contributed by atoms with E-state index in [4.69, 9.17) is 4.74 Å². The van der Waals surface area contributed by atoms with Crippen molar-refractivity contribution >= 4 is 6.03 Å². The molecule has 21 heavy (non-hydrogen) atoms. The van der Waals surface area contributed by atoms with Gasteiger partial charge in [0.1, 0.15) is 5.75 Å². The summed E-state index contributed by atoms with van der Waals surface area (Å²) in [7, 11) is 0. The Balaban J connectivity index is 2.21. The third-order valence-corrected chi connectivity index (χ3v) is 3.22. The van der Waals surface area contributed by atoms with Gasteiger partial charge in [0, 0.05) is 19.6 Å². The average Bonchev–Trinajstić information content (AvgIpc) is 2.48. The fourth-order valence-corrected chi connectivity index (χ4v) is 2.13. The standard InChI is InChI=1S/C17H28N2O2/c1-4-12-19(13-5-2)17(20)18-11-8-14-21-16-10-7-6-9-15(16)3/h6-7,9-10H,4-5,8,11-14H2,1-3H3,(H,18,20). The number of ether oxygens (including phenoxy) is 1. The number of urea groups is 1. The highest BCUT2D eigenvalue weighted by molar-refractivity contribution is 5.74. The van der Waals surface area contributed by atoms with Crippen LogP contribution in [0.1, 0.15) is 38.7 Å². The monoisotopic (exact) mass is 292 g/mol. The highest BCUT2D eigenvalue weighted by atomic mass is 16.5. The largest absolute Gasteiger partial charge is 0.493 e. The predicted molar refractivity (Wildman–Crippen MR) is 86.8 cm³/mol. The molecule has 0 spiro atoms. The number of hydrogen-bond donors (Lipinski definition) is 1. The van der Waals surface area contributed by atoms with Crippen molar-refractivity contribution in [1.29, 1.82) is 0 Å². The molecule has 0 saturated carbocycles. The normalized spacial score (nSPS) is 10.2. The molecule has 4 nitrogen and oxygen atoms in total. The molecular formula is C17H28N2O2. The summed E-state index contributed by atoms with van der Waals surface area (Å²) in [6.07, 6.45) is 2.79. The first-order chi connectivity index (χ1) is 10.2. The van der Waals surface area contributed by atoms with Crippen molar-refractivity contribution in [2.45, 2.75) is 40.0 Å². The minimum atomic E-state index is 0.0367. The summed E-state index contributed by atoms with van der Waals surface area (Å²) < 4.78 is 5.71. The van der Waals surface area contributed by atoms with Crippen LogP contribution in [0, 0.1) is 6.92 Å². The van der Waals surface area contributed by atoms with Gasteiger partial charge < -0.3 is 15.0 Å². The van der Waals surface area contributed by atoms with Gasteiger partial charge in [-0.3, -0.25) is 0 Å². The van der Waals surface area contributed by atoms with E-state index in [9.17, 15) is 4.79 Å². The van der Waals surface area contributed by atoms with Gasteiger partial charge in [-0.05, 0) is 37.8 Å². The maximum atomic E-state index is 12.0. The molecule has 2 amide bonds. The van der Waals surface area contributed by atoms with Crippen molar-refractivity contribution in [3.8, 4) is 5.75 Å². The van der Waals surface area contributed by atoms with Gasteiger partial charge in [-0.15, -0.1) is 0 Å². The number of aryl methyl sites for hydroxylation is 1. The SMILES string of the molecule is CCCN(CCC)C(=O)NCCCOc1ccccc1C. The maximum absolute atomic E-state index is 12.0. The van der Waals surface area contributed by atoms with Crippen LogP contribution in [-0.2, 0) is 0 Å². The number of hydrogen-bond acceptors (Lipinski definition) is 2. The number of nitrogens with zero attached hydrogens (tertiary/aromatic N) is 1. The van der Waals surface area contributed by atoms with Gasteiger partial charge in [-0.25, -0.2) is 4.79 Å². The Morgan fingerprint density at radius 2 is 1.86 bits per heavy atom. The minimum Gasteiger partial charge on any atom is -0.493 e. The minimum absolute atomic E-state index is 0.0367. The molecule has 0 heterocycles. The zero-order valence-corrected chi connectivity index (χ0v) is 13.5. The van der Waals surface area contributed by atoms with E-state index in [2.05, 4.69) is 19.2 Å². The molecule has 0 aliphatic carbocycles. The smallest absolute Gasteiger partial charge is 0.317 e. The fraction of sp³-hybridized carbons (Fsp3) is 0.588. The van der Waals surface area contributed by atoms with Gasteiger partial charge in [0.15, 0.2) is 0 Å². The molecule has 0 unspecified atom stereocenters. The Bertz CT molecular complexity index is 415. The third kappa shape index (κ3) is 6.52. The Morgan fingerprint density at radius 1 is 1.19 bits per heavy atom. The summed E-state index contributed by atoms with van der Waals surface area (Å²) >= 11 is 0. The van der Waals surface area contributed by atoms with E-state index in [1.165, 1.54) is 0 Å². The molecule has 1 rings (SSSR count). The molecule has 4 heteroatoms. The Labute approximate surface area is 128 Å².